The number of halogens is 1. The van der Waals surface area contributed by atoms with Crippen molar-refractivity contribution in [3.8, 4) is 5.69 Å². The van der Waals surface area contributed by atoms with Crippen LogP contribution < -0.4 is 5.32 Å². The number of imide groups is 1. The molecule has 1 N–H and O–H groups in total. The number of nitrogens with zero attached hydrogens (tertiary/aromatic N) is 3. The van der Waals surface area contributed by atoms with Crippen LogP contribution in [0.5, 0.6) is 0 Å². The lowest BCUT2D eigenvalue weighted by Crippen LogP contribution is -2.41. The van der Waals surface area contributed by atoms with Crippen molar-refractivity contribution in [1.29, 1.82) is 0 Å². The molecule has 1 fully saturated rings. The van der Waals surface area contributed by atoms with Gasteiger partial charge in [0.2, 0.25) is 0 Å². The number of ether oxygens (including phenoxy) is 1. The number of carbonyl (C=O) groups excluding carboxylic acids is 3. The molecule has 1 atom stereocenters. The van der Waals surface area contributed by atoms with Crippen molar-refractivity contribution in [3.05, 3.63) is 47.0 Å². The number of rotatable bonds is 4. The fourth-order valence-corrected chi connectivity index (χ4v) is 3.90. The van der Waals surface area contributed by atoms with Crippen LogP contribution in [0.1, 0.15) is 47.9 Å². The van der Waals surface area contributed by atoms with Crippen LogP contribution in [0.3, 0.4) is 0 Å². The van der Waals surface area contributed by atoms with Crippen LogP contribution in [0, 0.1) is 5.82 Å². The van der Waals surface area contributed by atoms with Crippen LogP contribution in [0.4, 0.5) is 9.18 Å². The molecule has 158 valence electrons. The summed E-state index contributed by atoms with van der Waals surface area (Å²) < 4.78 is 20.4. The van der Waals surface area contributed by atoms with Crippen LogP contribution in [-0.2, 0) is 22.4 Å². The van der Waals surface area contributed by atoms with Crippen LogP contribution in [-0.4, -0.2) is 51.8 Å². The number of benzene rings is 1. The topological polar surface area (TPSA) is 93.5 Å². The first kappa shape index (κ1) is 20.1. The molecule has 1 aromatic heterocycles. The summed E-state index contributed by atoms with van der Waals surface area (Å²) in [5.41, 5.74) is 2.54. The highest BCUT2D eigenvalue weighted by molar-refractivity contribution is 5.99. The summed E-state index contributed by atoms with van der Waals surface area (Å²) in [4.78, 5) is 38.1. The molecule has 2 heterocycles. The summed E-state index contributed by atoms with van der Waals surface area (Å²) in [5, 5.41) is 7.02. The normalized spacial score (nSPS) is 17.1. The Morgan fingerprint density at radius 3 is 2.60 bits per heavy atom. The third-order valence-corrected chi connectivity index (χ3v) is 5.45. The summed E-state index contributed by atoms with van der Waals surface area (Å²) in [7, 11) is 0. The van der Waals surface area contributed by atoms with Gasteiger partial charge in [-0.2, -0.15) is 5.10 Å². The maximum Gasteiger partial charge on any atom is 0.359 e. The molecule has 1 saturated heterocycles. The molecular weight excluding hydrogens is 391 g/mol. The Labute approximate surface area is 173 Å². The zero-order valence-corrected chi connectivity index (χ0v) is 16.7. The monoisotopic (exact) mass is 414 g/mol. The van der Waals surface area contributed by atoms with Crippen LogP contribution in [0.15, 0.2) is 24.3 Å². The third kappa shape index (κ3) is 3.79. The predicted molar refractivity (Wildman–Crippen MR) is 105 cm³/mol. The second kappa shape index (κ2) is 8.25. The van der Waals surface area contributed by atoms with Gasteiger partial charge in [0, 0.05) is 24.3 Å². The summed E-state index contributed by atoms with van der Waals surface area (Å²) in [5.74, 6) is -1.62. The molecule has 0 bridgehead atoms. The van der Waals surface area contributed by atoms with Crippen molar-refractivity contribution in [3.63, 3.8) is 0 Å². The highest BCUT2D eigenvalue weighted by Gasteiger charge is 2.33. The SMILES string of the molecule is C[C@H](OC(=O)c1nn(-c2ccc(F)cc2)c2c1CCCCC2)C(=O)N1CCNC1=O. The summed E-state index contributed by atoms with van der Waals surface area (Å²) in [6, 6.07) is 5.43. The average molecular weight is 414 g/mol. The van der Waals surface area contributed by atoms with Gasteiger partial charge in [-0.1, -0.05) is 6.42 Å². The lowest BCUT2D eigenvalue weighted by Gasteiger charge is -2.17. The van der Waals surface area contributed by atoms with Crippen molar-refractivity contribution in [2.24, 2.45) is 0 Å². The summed E-state index contributed by atoms with van der Waals surface area (Å²) in [6.07, 6.45) is 3.23. The van der Waals surface area contributed by atoms with Gasteiger partial charge in [-0.15, -0.1) is 0 Å². The lowest BCUT2D eigenvalue weighted by molar-refractivity contribution is -0.136. The maximum atomic E-state index is 13.3. The number of urea groups is 1. The second-order valence-corrected chi connectivity index (χ2v) is 7.49. The number of nitrogens with one attached hydrogen (secondary N) is 1. The lowest BCUT2D eigenvalue weighted by atomic mass is 10.1. The van der Waals surface area contributed by atoms with Crippen molar-refractivity contribution in [2.45, 2.75) is 45.1 Å². The molecule has 1 aromatic carbocycles. The standard InChI is InChI=1S/C21H23FN4O4/c1-13(19(27)25-12-11-23-21(25)29)30-20(28)18-16-5-3-2-4-6-17(16)26(24-18)15-9-7-14(22)8-10-15/h7-10,13H,2-6,11-12H2,1H3,(H,23,29)/t13-/m0/s1. The van der Waals surface area contributed by atoms with Crippen molar-refractivity contribution in [2.75, 3.05) is 13.1 Å². The summed E-state index contributed by atoms with van der Waals surface area (Å²) in [6.45, 7) is 2.07. The number of fused-ring (bicyclic) bond motifs is 1. The molecule has 30 heavy (non-hydrogen) atoms. The molecule has 2 aliphatic rings. The van der Waals surface area contributed by atoms with Crippen molar-refractivity contribution < 1.29 is 23.5 Å². The quantitative estimate of drug-likeness (QED) is 0.612. The molecule has 3 amide bonds. The molecule has 0 radical (unpaired) electrons. The number of hydrogen-bond acceptors (Lipinski definition) is 5. The number of hydrogen-bond donors (Lipinski definition) is 1. The Balaban J connectivity index is 1.61. The van der Waals surface area contributed by atoms with Gasteiger partial charge in [0.25, 0.3) is 5.91 Å². The molecule has 0 saturated carbocycles. The molecule has 1 aliphatic heterocycles. The molecule has 4 rings (SSSR count). The number of carbonyl (C=O) groups is 3. The first-order valence-corrected chi connectivity index (χ1v) is 10.1. The van der Waals surface area contributed by atoms with Crippen LogP contribution in [0.25, 0.3) is 5.69 Å². The van der Waals surface area contributed by atoms with Crippen molar-refractivity contribution in [1.82, 2.24) is 20.0 Å². The molecule has 1 aliphatic carbocycles. The second-order valence-electron chi connectivity index (χ2n) is 7.49. The number of amides is 3. The van der Waals surface area contributed by atoms with E-state index in [0.717, 1.165) is 41.8 Å². The largest absolute Gasteiger partial charge is 0.448 e. The van der Waals surface area contributed by atoms with E-state index in [1.165, 1.54) is 19.1 Å². The van der Waals surface area contributed by atoms with E-state index in [1.807, 2.05) is 0 Å². The van der Waals surface area contributed by atoms with Crippen LogP contribution >= 0.6 is 0 Å². The van der Waals surface area contributed by atoms with Gasteiger partial charge >= 0.3 is 12.0 Å². The van der Waals surface area contributed by atoms with E-state index in [2.05, 4.69) is 10.4 Å². The molecule has 8 nitrogen and oxygen atoms in total. The summed E-state index contributed by atoms with van der Waals surface area (Å²) >= 11 is 0. The highest BCUT2D eigenvalue weighted by Crippen LogP contribution is 2.27. The van der Waals surface area contributed by atoms with Gasteiger partial charge in [0.15, 0.2) is 11.8 Å². The van der Waals surface area contributed by atoms with E-state index >= 15 is 0 Å². The Bertz CT molecular complexity index is 986. The van der Waals surface area contributed by atoms with E-state index in [0.29, 0.717) is 18.7 Å². The molecule has 2 aromatic rings. The van der Waals surface area contributed by atoms with Gasteiger partial charge in [0.1, 0.15) is 5.82 Å². The Kier molecular flexibility index (Phi) is 5.52. The van der Waals surface area contributed by atoms with E-state index in [-0.39, 0.29) is 18.1 Å². The molecule has 9 heteroatoms. The smallest absolute Gasteiger partial charge is 0.359 e. The van der Waals surface area contributed by atoms with Gasteiger partial charge in [-0.05, 0) is 56.9 Å². The molecule has 0 unspecified atom stereocenters. The van der Waals surface area contributed by atoms with Crippen molar-refractivity contribution >= 4 is 17.9 Å². The van der Waals surface area contributed by atoms with Crippen LogP contribution in [0.2, 0.25) is 0 Å². The number of aromatic nitrogens is 2. The van der Waals surface area contributed by atoms with E-state index in [9.17, 15) is 18.8 Å². The van der Waals surface area contributed by atoms with E-state index in [1.54, 1.807) is 16.8 Å². The van der Waals surface area contributed by atoms with Gasteiger partial charge in [-0.3, -0.25) is 9.69 Å². The average Bonchev–Trinajstić information content (AvgIpc) is 3.23. The third-order valence-electron chi connectivity index (χ3n) is 5.45. The first-order chi connectivity index (χ1) is 14.5. The van der Waals surface area contributed by atoms with E-state index < -0.39 is 24.0 Å². The number of esters is 1. The first-order valence-electron chi connectivity index (χ1n) is 10.1. The molecule has 0 spiro atoms. The minimum absolute atomic E-state index is 0.168. The minimum Gasteiger partial charge on any atom is -0.448 e. The van der Waals surface area contributed by atoms with Gasteiger partial charge in [-0.25, -0.2) is 18.7 Å². The minimum atomic E-state index is -1.11. The zero-order chi connectivity index (χ0) is 21.3. The molecular formula is C21H23FN4O4. The Hall–Kier alpha value is -3.23. The van der Waals surface area contributed by atoms with E-state index in [4.69, 9.17) is 4.74 Å². The Morgan fingerprint density at radius 2 is 1.90 bits per heavy atom. The predicted octanol–water partition coefficient (Wildman–Crippen LogP) is 2.38. The maximum absolute atomic E-state index is 13.3. The fourth-order valence-electron chi connectivity index (χ4n) is 3.90. The van der Waals surface area contributed by atoms with Gasteiger partial charge < -0.3 is 10.1 Å². The fraction of sp³-hybridized carbons (Fsp3) is 0.429. The Morgan fingerprint density at radius 1 is 1.17 bits per heavy atom. The van der Waals surface area contributed by atoms with Gasteiger partial charge in [0.05, 0.1) is 5.69 Å². The highest BCUT2D eigenvalue weighted by atomic mass is 19.1. The zero-order valence-electron chi connectivity index (χ0n) is 16.7.